The Kier molecular flexibility index (Phi) is 4.52. The molecule has 0 radical (unpaired) electrons. The van der Waals surface area contributed by atoms with Crippen molar-refractivity contribution in [2.75, 3.05) is 18.0 Å². The van der Waals surface area contributed by atoms with Crippen molar-refractivity contribution in [3.8, 4) is 0 Å². The lowest BCUT2D eigenvalue weighted by molar-refractivity contribution is 0.0754. The van der Waals surface area contributed by atoms with Gasteiger partial charge in [0.05, 0.1) is 10.9 Å². The fourth-order valence-electron chi connectivity index (χ4n) is 1.93. The highest BCUT2D eigenvalue weighted by atomic mass is 35.5. The number of halogens is 1. The predicted octanol–water partition coefficient (Wildman–Crippen LogP) is 3.23. The fourth-order valence-corrected chi connectivity index (χ4v) is 3.04. The van der Waals surface area contributed by atoms with Crippen molar-refractivity contribution in [1.82, 2.24) is 4.90 Å². The van der Waals surface area contributed by atoms with Gasteiger partial charge in [-0.3, -0.25) is 4.79 Å². The van der Waals surface area contributed by atoms with E-state index in [0.29, 0.717) is 30.0 Å². The van der Waals surface area contributed by atoms with Gasteiger partial charge in [0, 0.05) is 28.4 Å². The zero-order chi connectivity index (χ0) is 14.7. The van der Waals surface area contributed by atoms with Crippen LogP contribution in [0, 0.1) is 0 Å². The van der Waals surface area contributed by atoms with Crippen molar-refractivity contribution in [3.05, 3.63) is 45.1 Å². The number of rotatable bonds is 4. The quantitative estimate of drug-likeness (QED) is 0.852. The summed E-state index contributed by atoms with van der Waals surface area (Å²) in [7, 11) is 0. The number of anilines is 2. The molecule has 0 aliphatic rings. The molecule has 0 fully saturated rings. The number of hydrogen-bond donors (Lipinski definition) is 2. The SMILES string of the molecule is CCN(Cc1ccc(Cl)s1)C(=O)c1cc(N)cc(N)c1. The van der Waals surface area contributed by atoms with Crippen LogP contribution < -0.4 is 11.5 Å². The third kappa shape index (κ3) is 3.43. The third-order valence-corrected chi connectivity index (χ3v) is 4.09. The van der Waals surface area contributed by atoms with Crippen molar-refractivity contribution in [2.45, 2.75) is 13.5 Å². The minimum absolute atomic E-state index is 0.0870. The molecular weight excluding hydrogens is 294 g/mol. The molecule has 1 aromatic carbocycles. The summed E-state index contributed by atoms with van der Waals surface area (Å²) in [4.78, 5) is 15.3. The van der Waals surface area contributed by atoms with E-state index >= 15 is 0 Å². The van der Waals surface area contributed by atoms with Crippen LogP contribution in [0.25, 0.3) is 0 Å². The van der Waals surface area contributed by atoms with Gasteiger partial charge in [0.15, 0.2) is 0 Å². The van der Waals surface area contributed by atoms with Gasteiger partial charge < -0.3 is 16.4 Å². The van der Waals surface area contributed by atoms with E-state index < -0.39 is 0 Å². The molecule has 0 atom stereocenters. The highest BCUT2D eigenvalue weighted by Gasteiger charge is 2.16. The number of carbonyl (C=O) groups excluding carboxylic acids is 1. The van der Waals surface area contributed by atoms with Gasteiger partial charge in [0.2, 0.25) is 0 Å². The largest absolute Gasteiger partial charge is 0.399 e. The van der Waals surface area contributed by atoms with Gasteiger partial charge in [0.25, 0.3) is 5.91 Å². The molecule has 0 saturated heterocycles. The Morgan fingerprint density at radius 1 is 1.25 bits per heavy atom. The van der Waals surface area contributed by atoms with Crippen LogP contribution in [0.3, 0.4) is 0 Å². The van der Waals surface area contributed by atoms with Crippen LogP contribution >= 0.6 is 22.9 Å². The molecule has 1 aromatic heterocycles. The van der Waals surface area contributed by atoms with E-state index in [9.17, 15) is 4.79 Å². The van der Waals surface area contributed by atoms with Crippen LogP contribution in [0.5, 0.6) is 0 Å². The normalized spacial score (nSPS) is 10.5. The van der Waals surface area contributed by atoms with Crippen molar-refractivity contribution < 1.29 is 4.79 Å². The zero-order valence-electron chi connectivity index (χ0n) is 11.1. The Balaban J connectivity index is 2.20. The molecule has 0 bridgehead atoms. The highest BCUT2D eigenvalue weighted by Crippen LogP contribution is 2.23. The number of hydrogen-bond acceptors (Lipinski definition) is 4. The molecule has 0 aliphatic heterocycles. The summed E-state index contributed by atoms with van der Waals surface area (Å²) >= 11 is 7.38. The molecule has 2 aromatic rings. The minimum Gasteiger partial charge on any atom is -0.399 e. The Bertz CT molecular complexity index is 606. The summed E-state index contributed by atoms with van der Waals surface area (Å²) < 4.78 is 0.719. The van der Waals surface area contributed by atoms with Crippen molar-refractivity contribution in [3.63, 3.8) is 0 Å². The van der Waals surface area contributed by atoms with E-state index in [-0.39, 0.29) is 5.91 Å². The van der Waals surface area contributed by atoms with Crippen LogP contribution in [0.15, 0.2) is 30.3 Å². The second-order valence-electron chi connectivity index (χ2n) is 4.41. The van der Waals surface area contributed by atoms with Crippen LogP contribution in [-0.2, 0) is 6.54 Å². The molecule has 1 heterocycles. The molecule has 4 N–H and O–H groups in total. The Morgan fingerprint density at radius 3 is 2.40 bits per heavy atom. The lowest BCUT2D eigenvalue weighted by Gasteiger charge is -2.20. The average Bonchev–Trinajstić information content (AvgIpc) is 2.79. The molecule has 0 saturated carbocycles. The van der Waals surface area contributed by atoms with E-state index in [1.165, 1.54) is 11.3 Å². The van der Waals surface area contributed by atoms with Crippen LogP contribution in [-0.4, -0.2) is 17.4 Å². The maximum atomic E-state index is 12.5. The van der Waals surface area contributed by atoms with E-state index in [4.69, 9.17) is 23.1 Å². The summed E-state index contributed by atoms with van der Waals surface area (Å²) in [5.41, 5.74) is 12.9. The molecule has 6 heteroatoms. The van der Waals surface area contributed by atoms with E-state index in [1.807, 2.05) is 19.1 Å². The van der Waals surface area contributed by atoms with Gasteiger partial charge in [-0.25, -0.2) is 0 Å². The first-order chi connectivity index (χ1) is 9.49. The monoisotopic (exact) mass is 309 g/mol. The van der Waals surface area contributed by atoms with Crippen LogP contribution in [0.2, 0.25) is 4.34 Å². The summed E-state index contributed by atoms with van der Waals surface area (Å²) in [6.07, 6.45) is 0. The van der Waals surface area contributed by atoms with Crippen molar-refractivity contribution >= 4 is 40.2 Å². The van der Waals surface area contributed by atoms with Crippen molar-refractivity contribution in [2.24, 2.45) is 0 Å². The van der Waals surface area contributed by atoms with Gasteiger partial charge >= 0.3 is 0 Å². The second kappa shape index (κ2) is 6.15. The van der Waals surface area contributed by atoms with Crippen LogP contribution in [0.4, 0.5) is 11.4 Å². The molecule has 4 nitrogen and oxygen atoms in total. The first-order valence-electron chi connectivity index (χ1n) is 6.19. The smallest absolute Gasteiger partial charge is 0.254 e. The lowest BCUT2D eigenvalue weighted by Crippen LogP contribution is -2.30. The zero-order valence-corrected chi connectivity index (χ0v) is 12.7. The molecule has 20 heavy (non-hydrogen) atoms. The van der Waals surface area contributed by atoms with Gasteiger partial charge in [0.1, 0.15) is 0 Å². The topological polar surface area (TPSA) is 72.3 Å². The molecule has 0 unspecified atom stereocenters. The van der Waals surface area contributed by atoms with Gasteiger partial charge in [-0.1, -0.05) is 11.6 Å². The summed E-state index contributed by atoms with van der Waals surface area (Å²) in [6, 6.07) is 8.67. The number of nitrogen functional groups attached to an aromatic ring is 2. The second-order valence-corrected chi connectivity index (χ2v) is 6.21. The maximum Gasteiger partial charge on any atom is 0.254 e. The molecule has 106 valence electrons. The van der Waals surface area contributed by atoms with Gasteiger partial charge in [-0.15, -0.1) is 11.3 Å². The lowest BCUT2D eigenvalue weighted by atomic mass is 10.1. The predicted molar refractivity (Wildman–Crippen MR) is 85.0 cm³/mol. The number of benzene rings is 1. The molecule has 0 spiro atoms. The molecule has 1 amide bonds. The fraction of sp³-hybridized carbons (Fsp3) is 0.214. The minimum atomic E-state index is -0.0870. The van der Waals surface area contributed by atoms with Gasteiger partial charge in [-0.05, 0) is 37.3 Å². The molecule has 0 aliphatic carbocycles. The average molecular weight is 310 g/mol. The Hall–Kier alpha value is -1.72. The van der Waals surface area contributed by atoms with E-state index in [2.05, 4.69) is 0 Å². The van der Waals surface area contributed by atoms with Crippen LogP contribution in [0.1, 0.15) is 22.2 Å². The number of nitrogens with zero attached hydrogens (tertiary/aromatic N) is 1. The first-order valence-corrected chi connectivity index (χ1v) is 7.38. The summed E-state index contributed by atoms with van der Waals surface area (Å²) in [6.45, 7) is 3.06. The Labute approximate surface area is 126 Å². The first kappa shape index (κ1) is 14.7. The number of nitrogens with two attached hydrogens (primary N) is 2. The number of amides is 1. The molecular formula is C14H16ClN3OS. The van der Waals surface area contributed by atoms with Crippen molar-refractivity contribution in [1.29, 1.82) is 0 Å². The molecule has 2 rings (SSSR count). The van der Waals surface area contributed by atoms with E-state index in [0.717, 1.165) is 9.21 Å². The van der Waals surface area contributed by atoms with Gasteiger partial charge in [-0.2, -0.15) is 0 Å². The van der Waals surface area contributed by atoms with E-state index in [1.54, 1.807) is 23.1 Å². The highest BCUT2D eigenvalue weighted by molar-refractivity contribution is 7.16. The number of thiophene rings is 1. The number of carbonyl (C=O) groups is 1. The maximum absolute atomic E-state index is 12.5. The Morgan fingerprint density at radius 2 is 1.90 bits per heavy atom. The third-order valence-electron chi connectivity index (χ3n) is 2.87. The summed E-state index contributed by atoms with van der Waals surface area (Å²) in [5, 5.41) is 0. The summed E-state index contributed by atoms with van der Waals surface area (Å²) in [5.74, 6) is -0.0870. The standard InChI is InChI=1S/C14H16ClN3OS/c1-2-18(8-12-3-4-13(15)20-12)14(19)9-5-10(16)7-11(17)6-9/h3-7H,2,8,16-17H2,1H3.